The molecule has 0 fully saturated rings. The molecule has 14 heavy (non-hydrogen) atoms. The van der Waals surface area contributed by atoms with Crippen molar-refractivity contribution >= 4 is 11.6 Å². The average molecular weight is 197 g/mol. The van der Waals surface area contributed by atoms with Gasteiger partial charge in [-0.25, -0.2) is 10.2 Å². The van der Waals surface area contributed by atoms with Crippen LogP contribution in [0.15, 0.2) is 24.3 Å². The largest absolute Gasteiger partial charge is 0.365 e. The third-order valence-electron chi connectivity index (χ3n) is 1.81. The van der Waals surface area contributed by atoms with Gasteiger partial charge in [-0.3, -0.25) is 10.2 Å². The second-order valence-electron chi connectivity index (χ2n) is 2.90. The molecular formula is C9H12FN3O. The highest BCUT2D eigenvalue weighted by Gasteiger charge is 2.05. The molecule has 4 nitrogen and oxygen atoms in total. The molecule has 0 atom stereocenters. The molecule has 0 saturated carbocycles. The van der Waals surface area contributed by atoms with E-state index in [9.17, 15) is 9.18 Å². The molecule has 0 bridgehead atoms. The molecule has 0 radical (unpaired) electrons. The van der Waals surface area contributed by atoms with E-state index in [1.165, 1.54) is 12.1 Å². The van der Waals surface area contributed by atoms with Gasteiger partial charge in [-0.15, -0.1) is 0 Å². The maximum Gasteiger partial charge on any atom is 0.253 e. The minimum atomic E-state index is -0.301. The Morgan fingerprint density at radius 1 is 1.50 bits per heavy atom. The van der Waals surface area contributed by atoms with Crippen LogP contribution in [0, 0.1) is 5.82 Å². The number of carbonyl (C=O) groups is 1. The zero-order valence-electron chi connectivity index (χ0n) is 7.83. The molecule has 1 rings (SSSR count). The summed E-state index contributed by atoms with van der Waals surface area (Å²) in [4.78, 5) is 12.6. The Morgan fingerprint density at radius 3 is 2.57 bits per heavy atom. The Hall–Kier alpha value is -1.62. The minimum absolute atomic E-state index is 0.141. The van der Waals surface area contributed by atoms with Gasteiger partial charge in [0.1, 0.15) is 5.82 Å². The van der Waals surface area contributed by atoms with Crippen LogP contribution in [0.5, 0.6) is 0 Å². The SMILES string of the molecule is CN(CC(=O)NN)c1ccc(F)cc1. The molecule has 0 aliphatic carbocycles. The smallest absolute Gasteiger partial charge is 0.253 e. The summed E-state index contributed by atoms with van der Waals surface area (Å²) >= 11 is 0. The fraction of sp³-hybridized carbons (Fsp3) is 0.222. The summed E-state index contributed by atoms with van der Waals surface area (Å²) in [5.41, 5.74) is 2.78. The third-order valence-corrected chi connectivity index (χ3v) is 1.81. The maximum atomic E-state index is 12.6. The molecule has 0 saturated heterocycles. The number of benzene rings is 1. The lowest BCUT2D eigenvalue weighted by molar-refractivity contribution is -0.119. The molecule has 3 N–H and O–H groups in total. The van der Waals surface area contributed by atoms with Crippen molar-refractivity contribution in [1.29, 1.82) is 0 Å². The van der Waals surface area contributed by atoms with Crippen LogP contribution in [0.4, 0.5) is 10.1 Å². The number of hydrazine groups is 1. The topological polar surface area (TPSA) is 58.4 Å². The van der Waals surface area contributed by atoms with Crippen LogP contribution in [-0.4, -0.2) is 19.5 Å². The molecule has 76 valence electrons. The molecule has 1 aromatic carbocycles. The number of rotatable bonds is 3. The van der Waals surface area contributed by atoms with Gasteiger partial charge in [-0.1, -0.05) is 0 Å². The lowest BCUT2D eigenvalue weighted by atomic mass is 10.3. The maximum absolute atomic E-state index is 12.6. The van der Waals surface area contributed by atoms with Gasteiger partial charge in [0.15, 0.2) is 0 Å². The molecular weight excluding hydrogens is 185 g/mol. The molecule has 1 aromatic rings. The molecule has 0 spiro atoms. The highest BCUT2D eigenvalue weighted by molar-refractivity contribution is 5.80. The van der Waals surface area contributed by atoms with Crippen LogP contribution in [0.3, 0.4) is 0 Å². The number of anilines is 1. The molecule has 0 aromatic heterocycles. The number of carbonyl (C=O) groups excluding carboxylic acids is 1. The standard InChI is InChI=1S/C9H12FN3O/c1-13(6-9(14)12-11)8-4-2-7(10)3-5-8/h2-5H,6,11H2,1H3,(H,12,14). The predicted molar refractivity (Wildman–Crippen MR) is 52.0 cm³/mol. The Bertz CT molecular complexity index is 312. The van der Waals surface area contributed by atoms with Gasteiger partial charge in [0.05, 0.1) is 6.54 Å². The fourth-order valence-electron chi connectivity index (χ4n) is 1.05. The lowest BCUT2D eigenvalue weighted by Gasteiger charge is -2.17. The van der Waals surface area contributed by atoms with E-state index in [4.69, 9.17) is 5.84 Å². The van der Waals surface area contributed by atoms with Gasteiger partial charge >= 0.3 is 0 Å². The zero-order valence-corrected chi connectivity index (χ0v) is 7.83. The van der Waals surface area contributed by atoms with E-state index in [1.807, 2.05) is 5.43 Å². The van der Waals surface area contributed by atoms with Crippen molar-refractivity contribution < 1.29 is 9.18 Å². The number of amides is 1. The summed E-state index contributed by atoms with van der Waals surface area (Å²) in [6.07, 6.45) is 0. The van der Waals surface area contributed by atoms with Crippen LogP contribution in [0.25, 0.3) is 0 Å². The van der Waals surface area contributed by atoms with E-state index >= 15 is 0 Å². The van der Waals surface area contributed by atoms with E-state index in [1.54, 1.807) is 24.1 Å². The average Bonchev–Trinajstić information content (AvgIpc) is 2.18. The Kier molecular flexibility index (Phi) is 3.41. The summed E-state index contributed by atoms with van der Waals surface area (Å²) in [6, 6.07) is 5.87. The molecule has 0 aliphatic rings. The van der Waals surface area contributed by atoms with Crippen molar-refractivity contribution in [1.82, 2.24) is 5.43 Å². The van der Waals surface area contributed by atoms with Gasteiger partial charge < -0.3 is 4.90 Å². The summed E-state index contributed by atoms with van der Waals surface area (Å²) in [5, 5.41) is 0. The first-order chi connectivity index (χ1) is 6.63. The first-order valence-electron chi connectivity index (χ1n) is 4.09. The fourth-order valence-corrected chi connectivity index (χ4v) is 1.05. The number of likely N-dealkylation sites (N-methyl/N-ethyl adjacent to an activating group) is 1. The van der Waals surface area contributed by atoms with Gasteiger partial charge in [0.2, 0.25) is 0 Å². The van der Waals surface area contributed by atoms with Crippen LogP contribution in [0.1, 0.15) is 0 Å². The summed E-state index contributed by atoms with van der Waals surface area (Å²) in [6.45, 7) is 0.141. The molecule has 0 unspecified atom stereocenters. The normalized spacial score (nSPS) is 9.64. The van der Waals surface area contributed by atoms with Crippen molar-refractivity contribution in [3.63, 3.8) is 0 Å². The molecule has 1 amide bonds. The Balaban J connectivity index is 2.65. The number of hydrogen-bond acceptors (Lipinski definition) is 3. The van der Waals surface area contributed by atoms with Crippen LogP contribution in [0.2, 0.25) is 0 Å². The third kappa shape index (κ3) is 2.70. The van der Waals surface area contributed by atoms with Crippen molar-refractivity contribution in [3.05, 3.63) is 30.1 Å². The van der Waals surface area contributed by atoms with Crippen LogP contribution < -0.4 is 16.2 Å². The van der Waals surface area contributed by atoms with E-state index in [-0.39, 0.29) is 18.3 Å². The van der Waals surface area contributed by atoms with E-state index in [0.29, 0.717) is 0 Å². The second kappa shape index (κ2) is 4.57. The van der Waals surface area contributed by atoms with E-state index < -0.39 is 0 Å². The van der Waals surface area contributed by atoms with Gasteiger partial charge in [0, 0.05) is 12.7 Å². The van der Waals surface area contributed by atoms with Crippen LogP contribution >= 0.6 is 0 Å². The first-order valence-corrected chi connectivity index (χ1v) is 4.09. The number of nitrogens with one attached hydrogen (secondary N) is 1. The Labute approximate surface area is 81.5 Å². The number of hydrogen-bond donors (Lipinski definition) is 2. The molecule has 0 aliphatic heterocycles. The van der Waals surface area contributed by atoms with Crippen molar-refractivity contribution in [2.24, 2.45) is 5.84 Å². The van der Waals surface area contributed by atoms with Crippen molar-refractivity contribution in [2.45, 2.75) is 0 Å². The first kappa shape index (κ1) is 10.5. The Morgan fingerprint density at radius 2 is 2.07 bits per heavy atom. The number of halogens is 1. The summed E-state index contributed by atoms with van der Waals surface area (Å²) < 4.78 is 12.6. The second-order valence-corrected chi connectivity index (χ2v) is 2.90. The highest BCUT2D eigenvalue weighted by Crippen LogP contribution is 2.12. The van der Waals surface area contributed by atoms with E-state index in [0.717, 1.165) is 5.69 Å². The summed E-state index contributed by atoms with van der Waals surface area (Å²) in [7, 11) is 1.72. The lowest BCUT2D eigenvalue weighted by Crippen LogP contribution is -2.38. The van der Waals surface area contributed by atoms with Gasteiger partial charge in [0.25, 0.3) is 5.91 Å². The molecule has 5 heteroatoms. The summed E-state index contributed by atoms with van der Waals surface area (Å²) in [5.74, 6) is 4.34. The number of nitrogens with zero attached hydrogens (tertiary/aromatic N) is 1. The monoisotopic (exact) mass is 197 g/mol. The van der Waals surface area contributed by atoms with Gasteiger partial charge in [-0.05, 0) is 24.3 Å². The van der Waals surface area contributed by atoms with Gasteiger partial charge in [-0.2, -0.15) is 0 Å². The van der Waals surface area contributed by atoms with Crippen molar-refractivity contribution in [3.8, 4) is 0 Å². The highest BCUT2D eigenvalue weighted by atomic mass is 19.1. The predicted octanol–water partition coefficient (Wildman–Crippen LogP) is 0.252. The van der Waals surface area contributed by atoms with Crippen LogP contribution in [-0.2, 0) is 4.79 Å². The van der Waals surface area contributed by atoms with Crippen molar-refractivity contribution in [2.75, 3.05) is 18.5 Å². The quantitative estimate of drug-likeness (QED) is 0.415. The molecule has 0 heterocycles. The van der Waals surface area contributed by atoms with E-state index in [2.05, 4.69) is 0 Å². The minimum Gasteiger partial charge on any atom is -0.365 e. The number of nitrogens with two attached hydrogens (primary N) is 1. The zero-order chi connectivity index (χ0) is 10.6.